The minimum atomic E-state index is 1.02. The Hall–Kier alpha value is 0.480. The Balaban J connectivity index is 1.86. The summed E-state index contributed by atoms with van der Waals surface area (Å²) in [7, 11) is 0. The molecule has 0 aromatic heterocycles. The van der Waals surface area contributed by atoms with Crippen LogP contribution in [0.3, 0.4) is 0 Å². The SMILES string of the molecule is BrC[C@@H]1CC[C@H]2C[C@@H]2C1. The summed E-state index contributed by atoms with van der Waals surface area (Å²) in [6.45, 7) is 0. The summed E-state index contributed by atoms with van der Waals surface area (Å²) in [6, 6.07) is 0. The monoisotopic (exact) mass is 188 g/mol. The molecule has 2 rings (SSSR count). The number of hydrogen-bond donors (Lipinski definition) is 0. The zero-order valence-corrected chi connectivity index (χ0v) is 7.23. The Morgan fingerprint density at radius 2 is 2.00 bits per heavy atom. The molecule has 2 fully saturated rings. The number of halogens is 1. The van der Waals surface area contributed by atoms with E-state index < -0.39 is 0 Å². The molecule has 0 bridgehead atoms. The Labute approximate surface area is 65.1 Å². The highest BCUT2D eigenvalue weighted by atomic mass is 79.9. The Kier molecular flexibility index (Phi) is 1.56. The first kappa shape index (κ1) is 6.21. The van der Waals surface area contributed by atoms with E-state index in [2.05, 4.69) is 15.9 Å². The van der Waals surface area contributed by atoms with Crippen LogP contribution < -0.4 is 0 Å². The van der Waals surface area contributed by atoms with E-state index in [0.29, 0.717) is 0 Å². The van der Waals surface area contributed by atoms with Gasteiger partial charge in [0.25, 0.3) is 0 Å². The molecule has 2 saturated carbocycles. The fraction of sp³-hybridized carbons (Fsp3) is 1.00. The molecule has 0 aromatic carbocycles. The second-order valence-electron chi connectivity index (χ2n) is 3.59. The van der Waals surface area contributed by atoms with Gasteiger partial charge in [0.15, 0.2) is 0 Å². The van der Waals surface area contributed by atoms with Gasteiger partial charge in [-0.2, -0.15) is 0 Å². The largest absolute Gasteiger partial charge is 0.0925 e. The van der Waals surface area contributed by atoms with Gasteiger partial charge in [0, 0.05) is 5.33 Å². The average molecular weight is 189 g/mol. The first-order valence-electron chi connectivity index (χ1n) is 3.96. The third-order valence-electron chi connectivity index (χ3n) is 2.87. The van der Waals surface area contributed by atoms with Gasteiger partial charge in [-0.25, -0.2) is 0 Å². The smallest absolute Gasteiger partial charge is 0.00597 e. The summed E-state index contributed by atoms with van der Waals surface area (Å²) >= 11 is 3.56. The molecule has 0 N–H and O–H groups in total. The zero-order valence-electron chi connectivity index (χ0n) is 5.65. The van der Waals surface area contributed by atoms with Crippen molar-refractivity contribution in [2.75, 3.05) is 5.33 Å². The van der Waals surface area contributed by atoms with Crippen LogP contribution in [0, 0.1) is 17.8 Å². The third kappa shape index (κ3) is 1.17. The molecule has 0 amide bonds. The lowest BCUT2D eigenvalue weighted by molar-refractivity contribution is 0.375. The number of rotatable bonds is 1. The van der Waals surface area contributed by atoms with Gasteiger partial charge in [-0.05, 0) is 43.4 Å². The number of hydrogen-bond acceptors (Lipinski definition) is 0. The quantitative estimate of drug-likeness (QED) is 0.556. The van der Waals surface area contributed by atoms with Crippen molar-refractivity contribution in [3.63, 3.8) is 0 Å². The second kappa shape index (κ2) is 2.26. The van der Waals surface area contributed by atoms with Crippen molar-refractivity contribution in [1.82, 2.24) is 0 Å². The predicted molar refractivity (Wildman–Crippen MR) is 42.7 cm³/mol. The van der Waals surface area contributed by atoms with Crippen LogP contribution in [0.25, 0.3) is 0 Å². The lowest BCUT2D eigenvalue weighted by Crippen LogP contribution is -2.08. The molecule has 1 heteroatoms. The molecule has 52 valence electrons. The van der Waals surface area contributed by atoms with Crippen LogP contribution in [0.5, 0.6) is 0 Å². The van der Waals surface area contributed by atoms with Crippen molar-refractivity contribution < 1.29 is 0 Å². The molecular formula is C8H13Br. The molecule has 0 heterocycles. The molecule has 0 aliphatic heterocycles. The second-order valence-corrected chi connectivity index (χ2v) is 4.24. The molecule has 9 heavy (non-hydrogen) atoms. The maximum Gasteiger partial charge on any atom is 0.00597 e. The lowest BCUT2D eigenvalue weighted by Gasteiger charge is -2.17. The van der Waals surface area contributed by atoms with Crippen molar-refractivity contribution in [3.05, 3.63) is 0 Å². The minimum Gasteiger partial charge on any atom is -0.0925 e. The Morgan fingerprint density at radius 1 is 1.11 bits per heavy atom. The highest BCUT2D eigenvalue weighted by molar-refractivity contribution is 9.09. The summed E-state index contributed by atoms with van der Waals surface area (Å²) in [5.74, 6) is 3.34. The van der Waals surface area contributed by atoms with Crippen molar-refractivity contribution >= 4 is 15.9 Å². The van der Waals surface area contributed by atoms with Gasteiger partial charge in [0.05, 0.1) is 0 Å². The molecule has 2 aliphatic rings. The Bertz CT molecular complexity index is 111. The summed E-state index contributed by atoms with van der Waals surface area (Å²) in [6.07, 6.45) is 6.10. The first-order valence-corrected chi connectivity index (χ1v) is 5.08. The minimum absolute atomic E-state index is 1.02. The van der Waals surface area contributed by atoms with Crippen LogP contribution in [0.1, 0.15) is 25.7 Å². The van der Waals surface area contributed by atoms with E-state index in [1.165, 1.54) is 30.5 Å². The van der Waals surface area contributed by atoms with E-state index >= 15 is 0 Å². The van der Waals surface area contributed by atoms with E-state index in [4.69, 9.17) is 0 Å². The number of alkyl halides is 1. The van der Waals surface area contributed by atoms with Crippen LogP contribution in [-0.2, 0) is 0 Å². The molecule has 0 nitrogen and oxygen atoms in total. The molecule has 0 unspecified atom stereocenters. The fourth-order valence-corrected chi connectivity index (χ4v) is 2.68. The van der Waals surface area contributed by atoms with Crippen LogP contribution in [-0.4, -0.2) is 5.33 Å². The maximum absolute atomic E-state index is 3.56. The van der Waals surface area contributed by atoms with E-state index in [1.807, 2.05) is 0 Å². The average Bonchev–Trinajstić information content (AvgIpc) is 2.64. The van der Waals surface area contributed by atoms with Crippen LogP contribution in [0.4, 0.5) is 0 Å². The standard InChI is InChI=1S/C8H13Br/c9-5-6-1-2-7-4-8(7)3-6/h6-8H,1-5H2/t6-,7+,8+/m1/s1. The first-order chi connectivity index (χ1) is 4.40. The molecular weight excluding hydrogens is 176 g/mol. The third-order valence-corrected chi connectivity index (χ3v) is 3.78. The summed E-state index contributed by atoms with van der Waals surface area (Å²) < 4.78 is 0. The van der Waals surface area contributed by atoms with E-state index in [-0.39, 0.29) is 0 Å². The molecule has 0 radical (unpaired) electrons. The fourth-order valence-electron chi connectivity index (χ4n) is 2.09. The molecule has 0 spiro atoms. The maximum atomic E-state index is 3.56. The van der Waals surface area contributed by atoms with Gasteiger partial charge in [0.2, 0.25) is 0 Å². The molecule has 0 saturated heterocycles. The van der Waals surface area contributed by atoms with Gasteiger partial charge in [-0.15, -0.1) is 0 Å². The van der Waals surface area contributed by atoms with Gasteiger partial charge >= 0.3 is 0 Å². The molecule has 2 aliphatic carbocycles. The van der Waals surface area contributed by atoms with Gasteiger partial charge in [0.1, 0.15) is 0 Å². The van der Waals surface area contributed by atoms with Crippen LogP contribution >= 0.6 is 15.9 Å². The van der Waals surface area contributed by atoms with E-state index in [0.717, 1.165) is 11.8 Å². The van der Waals surface area contributed by atoms with Crippen LogP contribution in [0.2, 0.25) is 0 Å². The van der Waals surface area contributed by atoms with Gasteiger partial charge in [-0.3, -0.25) is 0 Å². The highest BCUT2D eigenvalue weighted by Crippen LogP contribution is 2.51. The lowest BCUT2D eigenvalue weighted by atomic mass is 9.91. The predicted octanol–water partition coefficient (Wildman–Crippen LogP) is 2.82. The van der Waals surface area contributed by atoms with Gasteiger partial charge < -0.3 is 0 Å². The highest BCUT2D eigenvalue weighted by Gasteiger charge is 2.41. The van der Waals surface area contributed by atoms with Crippen molar-refractivity contribution in [2.45, 2.75) is 25.7 Å². The van der Waals surface area contributed by atoms with Crippen molar-refractivity contribution in [3.8, 4) is 0 Å². The van der Waals surface area contributed by atoms with Crippen LogP contribution in [0.15, 0.2) is 0 Å². The molecule has 3 atom stereocenters. The normalized spacial score (nSPS) is 48.3. The number of fused-ring (bicyclic) bond motifs is 1. The summed E-state index contributed by atoms with van der Waals surface area (Å²) in [4.78, 5) is 0. The zero-order chi connectivity index (χ0) is 6.27. The summed E-state index contributed by atoms with van der Waals surface area (Å²) in [5, 5.41) is 1.25. The van der Waals surface area contributed by atoms with E-state index in [9.17, 15) is 0 Å². The topological polar surface area (TPSA) is 0 Å². The summed E-state index contributed by atoms with van der Waals surface area (Å²) in [5.41, 5.74) is 0. The van der Waals surface area contributed by atoms with Crippen molar-refractivity contribution in [2.24, 2.45) is 17.8 Å². The van der Waals surface area contributed by atoms with Crippen molar-refractivity contribution in [1.29, 1.82) is 0 Å². The van der Waals surface area contributed by atoms with Gasteiger partial charge in [-0.1, -0.05) is 15.9 Å². The van der Waals surface area contributed by atoms with E-state index in [1.54, 1.807) is 6.42 Å². The molecule has 0 aromatic rings. The Morgan fingerprint density at radius 3 is 2.67 bits per heavy atom.